The Kier molecular flexibility index (Phi) is 4.30. The largest absolute Gasteiger partial charge is 0.483 e. The molecule has 6 heteroatoms. The second-order valence-corrected chi connectivity index (χ2v) is 3.97. The van der Waals surface area contributed by atoms with E-state index in [1.807, 2.05) is 30.3 Å². The zero-order chi connectivity index (χ0) is 13.7. The second-order valence-electron chi connectivity index (χ2n) is 3.61. The molecular formula is C13H11ClN2O3. The number of halogens is 1. The van der Waals surface area contributed by atoms with E-state index < -0.39 is 5.97 Å². The Morgan fingerprint density at radius 1 is 1.26 bits per heavy atom. The molecule has 1 aromatic heterocycles. The number of benzene rings is 1. The Balaban J connectivity index is 2.22. The number of nitrogens with zero attached hydrogens (tertiary/aromatic N) is 2. The van der Waals surface area contributed by atoms with Crippen LogP contribution in [0.5, 0.6) is 5.75 Å². The number of methoxy groups -OCH3 is 1. The van der Waals surface area contributed by atoms with Crippen LogP contribution in [0, 0.1) is 0 Å². The van der Waals surface area contributed by atoms with E-state index in [0.717, 1.165) is 5.56 Å². The molecule has 0 aliphatic heterocycles. The fourth-order valence-corrected chi connectivity index (χ4v) is 1.64. The molecule has 1 heterocycles. The molecule has 0 saturated heterocycles. The summed E-state index contributed by atoms with van der Waals surface area (Å²) < 4.78 is 10.1. The SMILES string of the molecule is COC(=O)c1ncnc(Cl)c1OCc1ccccc1. The van der Waals surface area contributed by atoms with E-state index in [1.54, 1.807) is 0 Å². The third-order valence-electron chi connectivity index (χ3n) is 2.37. The lowest BCUT2D eigenvalue weighted by Crippen LogP contribution is -2.09. The Labute approximate surface area is 115 Å². The minimum Gasteiger partial charge on any atom is -0.483 e. The van der Waals surface area contributed by atoms with Gasteiger partial charge in [-0.25, -0.2) is 14.8 Å². The normalized spacial score (nSPS) is 10.0. The Morgan fingerprint density at radius 3 is 2.68 bits per heavy atom. The summed E-state index contributed by atoms with van der Waals surface area (Å²) in [4.78, 5) is 19.2. The van der Waals surface area contributed by atoms with Gasteiger partial charge >= 0.3 is 5.97 Å². The van der Waals surface area contributed by atoms with Crippen molar-refractivity contribution in [2.24, 2.45) is 0 Å². The van der Waals surface area contributed by atoms with E-state index in [2.05, 4.69) is 14.7 Å². The lowest BCUT2D eigenvalue weighted by atomic mass is 10.2. The van der Waals surface area contributed by atoms with E-state index in [0.29, 0.717) is 0 Å². The van der Waals surface area contributed by atoms with Crippen molar-refractivity contribution in [1.82, 2.24) is 9.97 Å². The van der Waals surface area contributed by atoms with Crippen LogP contribution in [-0.2, 0) is 11.3 Å². The summed E-state index contributed by atoms with van der Waals surface area (Å²) >= 11 is 5.91. The minimum absolute atomic E-state index is 0.0124. The highest BCUT2D eigenvalue weighted by molar-refractivity contribution is 6.31. The maximum Gasteiger partial charge on any atom is 0.360 e. The fraction of sp³-hybridized carbons (Fsp3) is 0.154. The summed E-state index contributed by atoms with van der Waals surface area (Å²) in [5, 5.41) is 0.0753. The van der Waals surface area contributed by atoms with Crippen LogP contribution in [0.4, 0.5) is 0 Å². The predicted octanol–water partition coefficient (Wildman–Crippen LogP) is 2.50. The Hall–Kier alpha value is -2.14. The van der Waals surface area contributed by atoms with Crippen molar-refractivity contribution < 1.29 is 14.3 Å². The molecule has 0 saturated carbocycles. The molecule has 1 aromatic carbocycles. The van der Waals surface area contributed by atoms with E-state index in [-0.39, 0.29) is 23.2 Å². The van der Waals surface area contributed by atoms with Gasteiger partial charge in [0.2, 0.25) is 0 Å². The highest BCUT2D eigenvalue weighted by atomic mass is 35.5. The van der Waals surface area contributed by atoms with Crippen LogP contribution in [0.1, 0.15) is 16.1 Å². The topological polar surface area (TPSA) is 61.3 Å². The average Bonchev–Trinajstić information content (AvgIpc) is 2.46. The second kappa shape index (κ2) is 6.15. The van der Waals surface area contributed by atoms with Crippen LogP contribution in [0.25, 0.3) is 0 Å². The van der Waals surface area contributed by atoms with Gasteiger partial charge in [0.25, 0.3) is 0 Å². The van der Waals surface area contributed by atoms with E-state index in [1.165, 1.54) is 13.4 Å². The van der Waals surface area contributed by atoms with Gasteiger partial charge in [-0.15, -0.1) is 0 Å². The number of rotatable bonds is 4. The molecule has 0 atom stereocenters. The van der Waals surface area contributed by atoms with Gasteiger partial charge in [-0.3, -0.25) is 0 Å². The summed E-state index contributed by atoms with van der Waals surface area (Å²) in [5.74, 6) is -0.493. The Bertz CT molecular complexity index is 575. The molecule has 0 spiro atoms. The molecule has 19 heavy (non-hydrogen) atoms. The molecule has 0 amide bonds. The first-order valence-corrected chi connectivity index (χ1v) is 5.85. The molecule has 0 aliphatic carbocycles. The summed E-state index contributed by atoms with van der Waals surface area (Å²) in [7, 11) is 1.26. The zero-order valence-corrected chi connectivity index (χ0v) is 10.9. The number of esters is 1. The summed E-state index contributed by atoms with van der Waals surface area (Å²) in [6, 6.07) is 9.49. The van der Waals surface area contributed by atoms with E-state index >= 15 is 0 Å². The lowest BCUT2D eigenvalue weighted by molar-refractivity contribution is 0.0588. The molecule has 2 rings (SSSR count). The van der Waals surface area contributed by atoms with Crippen LogP contribution in [0.15, 0.2) is 36.7 Å². The van der Waals surface area contributed by atoms with Crippen molar-refractivity contribution in [1.29, 1.82) is 0 Å². The number of hydrogen-bond acceptors (Lipinski definition) is 5. The third kappa shape index (κ3) is 3.20. The quantitative estimate of drug-likeness (QED) is 0.635. The van der Waals surface area contributed by atoms with Gasteiger partial charge in [-0.05, 0) is 5.56 Å². The van der Waals surface area contributed by atoms with Crippen LogP contribution in [0.2, 0.25) is 5.15 Å². The van der Waals surface area contributed by atoms with E-state index in [4.69, 9.17) is 16.3 Å². The first kappa shape index (κ1) is 13.3. The molecule has 0 N–H and O–H groups in total. The van der Waals surface area contributed by atoms with Crippen LogP contribution in [0.3, 0.4) is 0 Å². The third-order valence-corrected chi connectivity index (χ3v) is 2.63. The average molecular weight is 279 g/mol. The molecule has 0 bridgehead atoms. The molecule has 2 aromatic rings. The summed E-state index contributed by atoms with van der Waals surface area (Å²) in [6.07, 6.45) is 1.18. The minimum atomic E-state index is -0.618. The number of carbonyl (C=O) groups is 1. The maximum atomic E-state index is 11.5. The Morgan fingerprint density at radius 2 is 2.00 bits per heavy atom. The van der Waals surface area contributed by atoms with Crippen molar-refractivity contribution in [3.8, 4) is 5.75 Å². The van der Waals surface area contributed by atoms with Crippen LogP contribution < -0.4 is 4.74 Å². The molecule has 0 aliphatic rings. The maximum absolute atomic E-state index is 11.5. The van der Waals surface area contributed by atoms with Crippen molar-refractivity contribution >= 4 is 17.6 Å². The number of hydrogen-bond donors (Lipinski definition) is 0. The van der Waals surface area contributed by atoms with Crippen molar-refractivity contribution in [2.45, 2.75) is 6.61 Å². The standard InChI is InChI=1S/C13H11ClN2O3/c1-18-13(17)10-11(12(14)16-8-15-10)19-7-9-5-3-2-4-6-9/h2-6,8H,7H2,1H3. The first-order valence-electron chi connectivity index (χ1n) is 5.48. The predicted molar refractivity (Wildman–Crippen MR) is 69.2 cm³/mol. The van der Waals surface area contributed by atoms with Crippen LogP contribution >= 0.6 is 11.6 Å². The van der Waals surface area contributed by atoms with E-state index in [9.17, 15) is 4.79 Å². The van der Waals surface area contributed by atoms with Gasteiger partial charge in [-0.2, -0.15) is 0 Å². The first-order chi connectivity index (χ1) is 9.22. The molecule has 98 valence electrons. The van der Waals surface area contributed by atoms with Gasteiger partial charge in [0.15, 0.2) is 16.6 Å². The summed E-state index contributed by atoms with van der Waals surface area (Å²) in [6.45, 7) is 0.262. The number of ether oxygens (including phenoxy) is 2. The lowest BCUT2D eigenvalue weighted by Gasteiger charge is -2.10. The van der Waals surface area contributed by atoms with Gasteiger partial charge in [-0.1, -0.05) is 41.9 Å². The monoisotopic (exact) mass is 278 g/mol. The summed E-state index contributed by atoms with van der Waals surface area (Å²) in [5.41, 5.74) is 0.955. The fourth-order valence-electron chi connectivity index (χ4n) is 1.45. The van der Waals surface area contributed by atoms with Gasteiger partial charge in [0.1, 0.15) is 12.9 Å². The van der Waals surface area contributed by atoms with Crippen LogP contribution in [-0.4, -0.2) is 23.0 Å². The smallest absolute Gasteiger partial charge is 0.360 e. The highest BCUT2D eigenvalue weighted by Crippen LogP contribution is 2.26. The van der Waals surface area contributed by atoms with Crippen molar-refractivity contribution in [3.63, 3.8) is 0 Å². The molecular weight excluding hydrogens is 268 g/mol. The molecule has 5 nitrogen and oxygen atoms in total. The van der Waals surface area contributed by atoms with Gasteiger partial charge in [0.05, 0.1) is 7.11 Å². The number of carbonyl (C=O) groups excluding carboxylic acids is 1. The van der Waals surface area contributed by atoms with Gasteiger partial charge in [0, 0.05) is 0 Å². The number of aromatic nitrogens is 2. The molecule has 0 radical (unpaired) electrons. The van der Waals surface area contributed by atoms with Crippen molar-refractivity contribution in [3.05, 3.63) is 53.1 Å². The molecule has 0 unspecified atom stereocenters. The zero-order valence-electron chi connectivity index (χ0n) is 10.2. The van der Waals surface area contributed by atoms with Crippen molar-refractivity contribution in [2.75, 3.05) is 7.11 Å². The highest BCUT2D eigenvalue weighted by Gasteiger charge is 2.19. The van der Waals surface area contributed by atoms with Gasteiger partial charge < -0.3 is 9.47 Å². The molecule has 0 fully saturated rings.